The van der Waals surface area contributed by atoms with Crippen molar-refractivity contribution < 1.29 is 9.68 Å². The topological polar surface area (TPSA) is 26.5 Å². The zero-order valence-corrected chi connectivity index (χ0v) is 13.3. The van der Waals surface area contributed by atoms with Crippen LogP contribution in [0.4, 0.5) is 5.69 Å². The van der Waals surface area contributed by atoms with Crippen LogP contribution in [0.5, 0.6) is 0 Å². The highest BCUT2D eigenvalue weighted by molar-refractivity contribution is 5.80. The smallest absolute Gasteiger partial charge is 0.239 e. The van der Waals surface area contributed by atoms with Crippen LogP contribution in [-0.4, -0.2) is 41.8 Å². The average molecular weight is 275 g/mol. The highest BCUT2D eigenvalue weighted by atomic mass is 16.3. The molecule has 3 nitrogen and oxygen atoms in total. The van der Waals surface area contributed by atoms with E-state index in [0.717, 1.165) is 13.1 Å². The largest absolute Gasteiger partial charge is 0.392 e. The van der Waals surface area contributed by atoms with Gasteiger partial charge in [-0.1, -0.05) is 39.0 Å². The number of anilines is 1. The first-order valence-electron chi connectivity index (χ1n) is 7.39. The van der Waals surface area contributed by atoms with Gasteiger partial charge in [0.2, 0.25) is 6.34 Å². The minimum absolute atomic E-state index is 0.0715. The summed E-state index contributed by atoms with van der Waals surface area (Å²) in [5.41, 5.74) is 3.99. The first-order valence-corrected chi connectivity index (χ1v) is 7.39. The standard InChI is InChI=1S/C17H27N2O/c1-13-7-6-8-14(2)16(13)19-10-9-18(12-19)15(11-20)17(3,4)5/h6-8,12,15,20H,9-11H2,1-5H3/q+1/t15-/m1/s1. The minimum Gasteiger partial charge on any atom is -0.392 e. The molecule has 0 aliphatic carbocycles. The van der Waals surface area contributed by atoms with Crippen LogP contribution in [0.25, 0.3) is 0 Å². The summed E-state index contributed by atoms with van der Waals surface area (Å²) in [7, 11) is 0. The predicted octanol–water partition coefficient (Wildman–Crippen LogP) is 2.57. The third-order valence-electron chi connectivity index (χ3n) is 4.19. The Hall–Kier alpha value is -1.35. The van der Waals surface area contributed by atoms with Crippen molar-refractivity contribution >= 4 is 12.0 Å². The van der Waals surface area contributed by atoms with Gasteiger partial charge in [0.05, 0.1) is 6.61 Å². The van der Waals surface area contributed by atoms with Crippen LogP contribution < -0.4 is 4.90 Å². The fourth-order valence-corrected chi connectivity index (χ4v) is 3.06. The van der Waals surface area contributed by atoms with Crippen LogP contribution in [-0.2, 0) is 0 Å². The molecule has 0 radical (unpaired) electrons. The van der Waals surface area contributed by atoms with Crippen molar-refractivity contribution in [2.24, 2.45) is 5.41 Å². The van der Waals surface area contributed by atoms with Gasteiger partial charge in [0, 0.05) is 5.41 Å². The van der Waals surface area contributed by atoms with Gasteiger partial charge in [-0.25, -0.2) is 4.90 Å². The van der Waals surface area contributed by atoms with Crippen molar-refractivity contribution in [2.45, 2.75) is 40.7 Å². The number of aliphatic hydroxyl groups is 1. The van der Waals surface area contributed by atoms with Crippen molar-refractivity contribution in [3.8, 4) is 0 Å². The maximum absolute atomic E-state index is 9.71. The molecule has 0 bridgehead atoms. The molecular formula is C17H27N2O+. The number of aliphatic hydroxyl groups excluding tert-OH is 1. The van der Waals surface area contributed by atoms with Crippen molar-refractivity contribution in [1.29, 1.82) is 0 Å². The Labute approximate surface area is 122 Å². The van der Waals surface area contributed by atoms with E-state index < -0.39 is 0 Å². The van der Waals surface area contributed by atoms with Gasteiger partial charge in [0.15, 0.2) is 0 Å². The second kappa shape index (κ2) is 5.57. The lowest BCUT2D eigenvalue weighted by Crippen LogP contribution is -2.40. The average Bonchev–Trinajstić information content (AvgIpc) is 2.77. The summed E-state index contributed by atoms with van der Waals surface area (Å²) in [6.45, 7) is 13.0. The van der Waals surface area contributed by atoms with Crippen molar-refractivity contribution in [3.05, 3.63) is 29.3 Å². The van der Waals surface area contributed by atoms with Crippen molar-refractivity contribution in [2.75, 3.05) is 24.6 Å². The summed E-state index contributed by atoms with van der Waals surface area (Å²) in [6.07, 6.45) is 2.18. The Bertz CT molecular complexity index is 494. The normalized spacial score (nSPS) is 17.3. The Kier molecular flexibility index (Phi) is 4.19. The van der Waals surface area contributed by atoms with Gasteiger partial charge in [0.25, 0.3) is 0 Å². The molecular weight excluding hydrogens is 248 g/mol. The number of para-hydroxylation sites is 1. The number of hydrogen-bond donors (Lipinski definition) is 1. The lowest BCUT2D eigenvalue weighted by molar-refractivity contribution is -0.572. The lowest BCUT2D eigenvalue weighted by Gasteiger charge is -2.27. The molecule has 0 saturated carbocycles. The third-order valence-corrected chi connectivity index (χ3v) is 4.19. The molecule has 0 fully saturated rings. The minimum atomic E-state index is 0.0715. The summed E-state index contributed by atoms with van der Waals surface area (Å²) in [6, 6.07) is 6.59. The fourth-order valence-electron chi connectivity index (χ4n) is 3.06. The van der Waals surface area contributed by atoms with E-state index in [2.05, 4.69) is 68.6 Å². The molecule has 2 rings (SSSR count). The Morgan fingerprint density at radius 2 is 1.85 bits per heavy atom. The summed E-state index contributed by atoms with van der Waals surface area (Å²) in [5.74, 6) is 0. The summed E-state index contributed by atoms with van der Waals surface area (Å²) in [4.78, 5) is 2.32. The van der Waals surface area contributed by atoms with E-state index in [1.165, 1.54) is 16.8 Å². The SMILES string of the molecule is Cc1cccc(C)c1N1C=[N+]([C@H](CO)C(C)(C)C)CC1. The van der Waals surface area contributed by atoms with Crippen LogP contribution in [0.2, 0.25) is 0 Å². The van der Waals surface area contributed by atoms with E-state index in [4.69, 9.17) is 0 Å². The van der Waals surface area contributed by atoms with E-state index in [1.54, 1.807) is 0 Å². The zero-order valence-electron chi connectivity index (χ0n) is 13.3. The Morgan fingerprint density at radius 1 is 1.25 bits per heavy atom. The van der Waals surface area contributed by atoms with Crippen LogP contribution >= 0.6 is 0 Å². The molecule has 0 amide bonds. The summed E-state index contributed by atoms with van der Waals surface area (Å²) >= 11 is 0. The molecule has 0 unspecified atom stereocenters. The number of aryl methyl sites for hydroxylation is 2. The Morgan fingerprint density at radius 3 is 2.35 bits per heavy atom. The van der Waals surface area contributed by atoms with Crippen LogP contribution in [0.3, 0.4) is 0 Å². The molecule has 0 aromatic heterocycles. The molecule has 0 saturated heterocycles. The third kappa shape index (κ3) is 2.88. The van der Waals surface area contributed by atoms with Gasteiger partial charge in [-0.2, -0.15) is 0 Å². The van der Waals surface area contributed by atoms with E-state index >= 15 is 0 Å². The van der Waals surface area contributed by atoms with Crippen molar-refractivity contribution in [3.63, 3.8) is 0 Å². The van der Waals surface area contributed by atoms with Crippen LogP contribution in [0.15, 0.2) is 18.2 Å². The molecule has 1 aromatic carbocycles. The van der Waals surface area contributed by atoms with Crippen molar-refractivity contribution in [1.82, 2.24) is 0 Å². The number of benzene rings is 1. The highest BCUT2D eigenvalue weighted by Gasteiger charge is 2.35. The maximum Gasteiger partial charge on any atom is 0.239 e. The summed E-state index contributed by atoms with van der Waals surface area (Å²) in [5, 5.41) is 9.71. The first kappa shape index (κ1) is 15.0. The molecule has 20 heavy (non-hydrogen) atoms. The van der Waals surface area contributed by atoms with E-state index in [-0.39, 0.29) is 18.1 Å². The molecule has 1 aliphatic heterocycles. The molecule has 0 spiro atoms. The second-order valence-electron chi connectivity index (χ2n) is 6.85. The molecule has 1 N–H and O–H groups in total. The first-order chi connectivity index (χ1) is 9.34. The van der Waals surface area contributed by atoms with Gasteiger partial charge in [-0.15, -0.1) is 0 Å². The van der Waals surface area contributed by atoms with Gasteiger partial charge in [-0.05, 0) is 25.0 Å². The number of rotatable bonds is 3. The lowest BCUT2D eigenvalue weighted by atomic mass is 9.87. The van der Waals surface area contributed by atoms with Crippen LogP contribution in [0, 0.1) is 19.3 Å². The zero-order chi connectivity index (χ0) is 14.9. The van der Waals surface area contributed by atoms with E-state index in [1.807, 2.05) is 0 Å². The van der Waals surface area contributed by atoms with Gasteiger partial charge in [-0.3, -0.25) is 4.58 Å². The maximum atomic E-state index is 9.71. The fraction of sp³-hybridized carbons (Fsp3) is 0.588. The Balaban J connectivity index is 2.31. The van der Waals surface area contributed by atoms with Gasteiger partial charge in [0.1, 0.15) is 24.8 Å². The van der Waals surface area contributed by atoms with Crippen LogP contribution in [0.1, 0.15) is 31.9 Å². The molecule has 1 atom stereocenters. The predicted molar refractivity (Wildman–Crippen MR) is 84.8 cm³/mol. The summed E-state index contributed by atoms with van der Waals surface area (Å²) < 4.78 is 2.28. The second-order valence-corrected chi connectivity index (χ2v) is 6.85. The molecule has 110 valence electrons. The monoisotopic (exact) mass is 275 g/mol. The quantitative estimate of drug-likeness (QED) is 0.858. The van der Waals surface area contributed by atoms with E-state index in [0.29, 0.717) is 0 Å². The molecule has 1 aliphatic rings. The van der Waals surface area contributed by atoms with E-state index in [9.17, 15) is 5.11 Å². The molecule has 1 heterocycles. The molecule has 1 aromatic rings. The van der Waals surface area contributed by atoms with Gasteiger partial charge >= 0.3 is 0 Å². The molecule has 3 heteroatoms. The highest BCUT2D eigenvalue weighted by Crippen LogP contribution is 2.27. The number of nitrogens with zero attached hydrogens (tertiary/aromatic N) is 2. The van der Waals surface area contributed by atoms with Gasteiger partial charge < -0.3 is 5.11 Å². The number of hydrogen-bond acceptors (Lipinski definition) is 2.